The van der Waals surface area contributed by atoms with Crippen molar-refractivity contribution in [2.24, 2.45) is 0 Å². The number of hydrogen-bond donors (Lipinski definition) is 0. The van der Waals surface area contributed by atoms with Crippen molar-refractivity contribution in [1.29, 1.82) is 0 Å². The Hall–Kier alpha value is -1.10. The molecule has 0 radical (unpaired) electrons. The maximum Gasteiger partial charge on any atom is 0.340 e. The Balaban J connectivity index is 2.62. The summed E-state index contributed by atoms with van der Waals surface area (Å²) in [7, 11) is 1.23. The Kier molecular flexibility index (Phi) is 2.88. The Morgan fingerprint density at radius 2 is 2.38 bits per heavy atom. The van der Waals surface area contributed by atoms with Crippen LogP contribution in [0.3, 0.4) is 0 Å². The molecule has 0 bridgehead atoms. The quantitative estimate of drug-likeness (QED) is 0.746. The normalized spacial score (nSPS) is 17.9. The first-order chi connectivity index (χ1) is 7.56. The van der Waals surface area contributed by atoms with Crippen molar-refractivity contribution in [2.75, 3.05) is 13.7 Å². The van der Waals surface area contributed by atoms with Crippen molar-refractivity contribution in [2.45, 2.75) is 12.8 Å². The molecule has 1 atom stereocenters. The highest BCUT2D eigenvalue weighted by Gasteiger charge is 2.28. The van der Waals surface area contributed by atoms with E-state index >= 15 is 0 Å². The van der Waals surface area contributed by atoms with Gasteiger partial charge < -0.3 is 9.47 Å². The van der Waals surface area contributed by atoms with Gasteiger partial charge in [0.2, 0.25) is 0 Å². The molecular weight excluding hydrogens is 279 g/mol. The van der Waals surface area contributed by atoms with Crippen LogP contribution < -0.4 is 4.74 Å². The number of halogens is 2. The zero-order valence-electron chi connectivity index (χ0n) is 8.84. The van der Waals surface area contributed by atoms with Crippen molar-refractivity contribution in [1.82, 2.24) is 0 Å². The number of rotatable bonds is 1. The van der Waals surface area contributed by atoms with E-state index in [1.54, 1.807) is 0 Å². The molecule has 2 rings (SSSR count). The standard InChI is InChI=1S/C11H10BrFO3/c1-5-4-16-10-6(5)3-7(11(14)15-2)9(13)8(10)12/h3,5H,4H2,1-2H3. The third-order valence-corrected chi connectivity index (χ3v) is 3.31. The Bertz CT molecular complexity index is 459. The van der Waals surface area contributed by atoms with Gasteiger partial charge in [0.1, 0.15) is 5.75 Å². The van der Waals surface area contributed by atoms with E-state index in [0.29, 0.717) is 12.4 Å². The Morgan fingerprint density at radius 1 is 1.69 bits per heavy atom. The predicted octanol–water partition coefficient (Wildman–Crippen LogP) is 2.87. The second-order valence-electron chi connectivity index (χ2n) is 3.67. The van der Waals surface area contributed by atoms with Crippen molar-refractivity contribution in [3.63, 3.8) is 0 Å². The number of methoxy groups -OCH3 is 1. The lowest BCUT2D eigenvalue weighted by Gasteiger charge is -2.08. The monoisotopic (exact) mass is 288 g/mol. The number of hydrogen-bond acceptors (Lipinski definition) is 3. The molecule has 1 aromatic rings. The lowest BCUT2D eigenvalue weighted by molar-refractivity contribution is 0.0595. The van der Waals surface area contributed by atoms with Gasteiger partial charge in [0.05, 0.1) is 23.8 Å². The van der Waals surface area contributed by atoms with Gasteiger partial charge >= 0.3 is 5.97 Å². The minimum atomic E-state index is -0.680. The van der Waals surface area contributed by atoms with Gasteiger partial charge in [0.25, 0.3) is 0 Å². The molecule has 0 N–H and O–H groups in total. The summed E-state index contributed by atoms with van der Waals surface area (Å²) in [6.07, 6.45) is 0. The fourth-order valence-electron chi connectivity index (χ4n) is 1.70. The zero-order valence-corrected chi connectivity index (χ0v) is 10.4. The fourth-order valence-corrected chi connectivity index (χ4v) is 2.26. The largest absolute Gasteiger partial charge is 0.491 e. The topological polar surface area (TPSA) is 35.5 Å². The minimum Gasteiger partial charge on any atom is -0.491 e. The maximum absolute atomic E-state index is 13.8. The molecule has 86 valence electrons. The summed E-state index contributed by atoms with van der Waals surface area (Å²) in [5, 5.41) is 0. The lowest BCUT2D eigenvalue weighted by Crippen LogP contribution is -2.06. The summed E-state index contributed by atoms with van der Waals surface area (Å²) in [6.45, 7) is 2.45. The Morgan fingerprint density at radius 3 is 3.00 bits per heavy atom. The van der Waals surface area contributed by atoms with Crippen molar-refractivity contribution < 1.29 is 18.7 Å². The lowest BCUT2D eigenvalue weighted by atomic mass is 10.0. The highest BCUT2D eigenvalue weighted by atomic mass is 79.9. The molecule has 0 aliphatic carbocycles. The first kappa shape index (κ1) is 11.4. The first-order valence-electron chi connectivity index (χ1n) is 4.79. The molecule has 1 aliphatic rings. The first-order valence-corrected chi connectivity index (χ1v) is 5.58. The van der Waals surface area contributed by atoms with E-state index in [-0.39, 0.29) is 16.0 Å². The molecule has 5 heteroatoms. The van der Waals surface area contributed by atoms with E-state index in [0.717, 1.165) is 5.56 Å². The summed E-state index contributed by atoms with van der Waals surface area (Å²) < 4.78 is 23.9. The van der Waals surface area contributed by atoms with Gasteiger partial charge in [-0.15, -0.1) is 0 Å². The predicted molar refractivity (Wildman–Crippen MR) is 59.3 cm³/mol. The van der Waals surface area contributed by atoms with Crippen LogP contribution in [0, 0.1) is 5.82 Å². The van der Waals surface area contributed by atoms with E-state index in [9.17, 15) is 9.18 Å². The van der Waals surface area contributed by atoms with Crippen LogP contribution in [0.4, 0.5) is 4.39 Å². The molecule has 0 spiro atoms. The number of ether oxygens (including phenoxy) is 2. The van der Waals surface area contributed by atoms with E-state index in [1.807, 2.05) is 6.92 Å². The van der Waals surface area contributed by atoms with Crippen LogP contribution in [0.2, 0.25) is 0 Å². The molecule has 1 aliphatic heterocycles. The summed E-state index contributed by atoms with van der Waals surface area (Å²) in [4.78, 5) is 11.4. The fraction of sp³-hybridized carbons (Fsp3) is 0.364. The third kappa shape index (κ3) is 1.59. The highest BCUT2D eigenvalue weighted by molar-refractivity contribution is 9.10. The molecule has 0 saturated heterocycles. The van der Waals surface area contributed by atoms with Gasteiger partial charge in [-0.3, -0.25) is 0 Å². The van der Waals surface area contributed by atoms with E-state index in [1.165, 1.54) is 13.2 Å². The van der Waals surface area contributed by atoms with E-state index in [2.05, 4.69) is 20.7 Å². The molecule has 0 fully saturated rings. The molecule has 1 unspecified atom stereocenters. The number of benzene rings is 1. The highest BCUT2D eigenvalue weighted by Crippen LogP contribution is 2.42. The SMILES string of the molecule is COC(=O)c1cc2c(c(Br)c1F)OCC2C. The van der Waals surface area contributed by atoms with Crippen LogP contribution in [-0.2, 0) is 4.74 Å². The summed E-state index contributed by atoms with van der Waals surface area (Å²) in [5.41, 5.74) is 0.763. The van der Waals surface area contributed by atoms with Gasteiger partial charge in [0, 0.05) is 11.5 Å². The average molecular weight is 289 g/mol. The van der Waals surface area contributed by atoms with Gasteiger partial charge in [-0.25, -0.2) is 9.18 Å². The smallest absolute Gasteiger partial charge is 0.340 e. The van der Waals surface area contributed by atoms with Gasteiger partial charge in [-0.1, -0.05) is 6.92 Å². The molecular formula is C11H10BrFO3. The van der Waals surface area contributed by atoms with Gasteiger partial charge in [-0.05, 0) is 22.0 Å². The average Bonchev–Trinajstić information content (AvgIpc) is 2.64. The third-order valence-electron chi connectivity index (χ3n) is 2.60. The van der Waals surface area contributed by atoms with E-state index in [4.69, 9.17) is 4.74 Å². The Labute approximate surface area is 101 Å². The molecule has 16 heavy (non-hydrogen) atoms. The van der Waals surface area contributed by atoms with Gasteiger partial charge in [-0.2, -0.15) is 0 Å². The van der Waals surface area contributed by atoms with Crippen LogP contribution in [0.5, 0.6) is 5.75 Å². The number of carbonyl (C=O) groups is 1. The second kappa shape index (κ2) is 4.05. The number of carbonyl (C=O) groups excluding carboxylic acids is 1. The van der Waals surface area contributed by atoms with Crippen LogP contribution in [0.25, 0.3) is 0 Å². The number of esters is 1. The minimum absolute atomic E-state index is 0.0644. The molecule has 1 aromatic carbocycles. The molecule has 0 aromatic heterocycles. The van der Waals surface area contributed by atoms with Crippen molar-refractivity contribution in [3.05, 3.63) is 27.5 Å². The molecule has 3 nitrogen and oxygen atoms in total. The zero-order chi connectivity index (χ0) is 11.9. The summed E-state index contributed by atoms with van der Waals surface area (Å²) in [6, 6.07) is 1.50. The van der Waals surface area contributed by atoms with Crippen LogP contribution in [0.1, 0.15) is 28.8 Å². The summed E-state index contributed by atoms with van der Waals surface area (Å²) >= 11 is 3.10. The number of fused-ring (bicyclic) bond motifs is 1. The van der Waals surface area contributed by atoms with Crippen LogP contribution in [0.15, 0.2) is 10.5 Å². The second-order valence-corrected chi connectivity index (χ2v) is 4.47. The molecule has 0 saturated carbocycles. The van der Waals surface area contributed by atoms with Crippen molar-refractivity contribution >= 4 is 21.9 Å². The molecule has 0 amide bonds. The van der Waals surface area contributed by atoms with Crippen LogP contribution in [-0.4, -0.2) is 19.7 Å². The maximum atomic E-state index is 13.8. The van der Waals surface area contributed by atoms with Crippen LogP contribution >= 0.6 is 15.9 Å². The molecule has 1 heterocycles. The van der Waals surface area contributed by atoms with Gasteiger partial charge in [0.15, 0.2) is 5.82 Å². The van der Waals surface area contributed by atoms with Crippen molar-refractivity contribution in [3.8, 4) is 5.75 Å². The summed E-state index contributed by atoms with van der Waals surface area (Å²) in [5.74, 6) is -0.687. The van der Waals surface area contributed by atoms with E-state index < -0.39 is 11.8 Å².